The topological polar surface area (TPSA) is 12.0 Å². The van der Waals surface area contributed by atoms with Crippen LogP contribution in [0.2, 0.25) is 0 Å². The first-order valence-electron chi connectivity index (χ1n) is 7.58. The van der Waals surface area contributed by atoms with Gasteiger partial charge in [-0.3, -0.25) is 0 Å². The van der Waals surface area contributed by atoms with Crippen molar-refractivity contribution in [2.24, 2.45) is 0 Å². The molecule has 2 aromatic rings. The molecule has 1 atom stereocenters. The lowest BCUT2D eigenvalue weighted by Crippen LogP contribution is -2.24. The molecule has 0 aliphatic carbocycles. The van der Waals surface area contributed by atoms with Gasteiger partial charge in [-0.1, -0.05) is 67.4 Å². The van der Waals surface area contributed by atoms with Gasteiger partial charge in [0.05, 0.1) is 6.04 Å². The summed E-state index contributed by atoms with van der Waals surface area (Å²) in [6, 6.07) is 17.8. The second kappa shape index (κ2) is 7.25. The van der Waals surface area contributed by atoms with Crippen molar-refractivity contribution >= 4 is 0 Å². The van der Waals surface area contributed by atoms with Gasteiger partial charge in [-0.15, -0.1) is 0 Å². The van der Waals surface area contributed by atoms with Crippen molar-refractivity contribution in [2.45, 2.75) is 39.7 Å². The minimum absolute atomic E-state index is 0.294. The fourth-order valence-corrected chi connectivity index (χ4v) is 2.55. The van der Waals surface area contributed by atoms with Crippen LogP contribution in [0.1, 0.15) is 48.1 Å². The maximum absolute atomic E-state index is 3.72. The van der Waals surface area contributed by atoms with Crippen LogP contribution in [0.25, 0.3) is 0 Å². The van der Waals surface area contributed by atoms with Crippen molar-refractivity contribution in [3.8, 4) is 0 Å². The Morgan fingerprint density at radius 2 is 1.75 bits per heavy atom. The Labute approximate surface area is 123 Å². The molecule has 0 amide bonds. The normalized spacial score (nSPS) is 12.3. The Morgan fingerprint density at radius 3 is 2.45 bits per heavy atom. The summed E-state index contributed by atoms with van der Waals surface area (Å²) in [6.45, 7) is 7.66. The van der Waals surface area contributed by atoms with E-state index in [1.54, 1.807) is 0 Å². The first kappa shape index (κ1) is 14.8. The van der Waals surface area contributed by atoms with Crippen molar-refractivity contribution in [2.75, 3.05) is 6.54 Å². The van der Waals surface area contributed by atoms with Gasteiger partial charge in [0, 0.05) is 0 Å². The van der Waals surface area contributed by atoms with E-state index in [0.29, 0.717) is 6.04 Å². The highest BCUT2D eigenvalue weighted by atomic mass is 14.9. The quantitative estimate of drug-likeness (QED) is 0.742. The van der Waals surface area contributed by atoms with Crippen molar-refractivity contribution in [3.05, 3.63) is 70.8 Å². The van der Waals surface area contributed by atoms with E-state index < -0.39 is 0 Å². The standard InChI is InChI=1S/C19H25N/c1-4-5-13-20-19(17-9-7-6-8-10-17)18-14-15(2)11-12-16(18)3/h6-12,14,19-20H,4-5,13H2,1-3H3. The number of hydrogen-bond donors (Lipinski definition) is 1. The predicted molar refractivity (Wildman–Crippen MR) is 87.1 cm³/mol. The van der Waals surface area contributed by atoms with Gasteiger partial charge in [0.25, 0.3) is 0 Å². The summed E-state index contributed by atoms with van der Waals surface area (Å²) in [7, 11) is 0. The first-order valence-corrected chi connectivity index (χ1v) is 7.58. The minimum Gasteiger partial charge on any atom is -0.306 e. The molecule has 0 heterocycles. The summed E-state index contributed by atoms with van der Waals surface area (Å²) in [5.74, 6) is 0. The van der Waals surface area contributed by atoms with E-state index in [4.69, 9.17) is 0 Å². The number of benzene rings is 2. The average molecular weight is 267 g/mol. The number of rotatable bonds is 6. The zero-order chi connectivity index (χ0) is 14.4. The van der Waals surface area contributed by atoms with Crippen molar-refractivity contribution in [1.29, 1.82) is 0 Å². The maximum atomic E-state index is 3.72. The van der Waals surface area contributed by atoms with Crippen LogP contribution < -0.4 is 5.32 Å². The van der Waals surface area contributed by atoms with Crippen LogP contribution in [0.3, 0.4) is 0 Å². The molecule has 0 aromatic heterocycles. The van der Waals surface area contributed by atoms with Crippen LogP contribution in [-0.4, -0.2) is 6.54 Å². The molecule has 0 aliphatic heterocycles. The van der Waals surface area contributed by atoms with E-state index in [0.717, 1.165) is 6.54 Å². The van der Waals surface area contributed by atoms with Gasteiger partial charge < -0.3 is 5.32 Å². The molecule has 0 fully saturated rings. The molecule has 106 valence electrons. The van der Waals surface area contributed by atoms with Crippen LogP contribution in [0.4, 0.5) is 0 Å². The van der Waals surface area contributed by atoms with E-state index >= 15 is 0 Å². The van der Waals surface area contributed by atoms with Crippen molar-refractivity contribution in [3.63, 3.8) is 0 Å². The van der Waals surface area contributed by atoms with Crippen molar-refractivity contribution < 1.29 is 0 Å². The fourth-order valence-electron chi connectivity index (χ4n) is 2.55. The molecule has 0 spiro atoms. The lowest BCUT2D eigenvalue weighted by Gasteiger charge is -2.22. The second-order valence-electron chi connectivity index (χ2n) is 5.51. The molecular formula is C19H25N. The minimum atomic E-state index is 0.294. The van der Waals surface area contributed by atoms with Crippen LogP contribution in [0.15, 0.2) is 48.5 Å². The molecule has 1 unspecified atom stereocenters. The molecular weight excluding hydrogens is 242 g/mol. The molecule has 1 nitrogen and oxygen atoms in total. The van der Waals surface area contributed by atoms with E-state index in [-0.39, 0.29) is 0 Å². The van der Waals surface area contributed by atoms with Gasteiger partial charge in [0.2, 0.25) is 0 Å². The summed E-state index contributed by atoms with van der Waals surface area (Å²) < 4.78 is 0. The number of aryl methyl sites for hydroxylation is 2. The van der Waals surface area contributed by atoms with E-state index in [1.165, 1.54) is 35.1 Å². The van der Waals surface area contributed by atoms with Crippen LogP contribution in [0, 0.1) is 13.8 Å². The van der Waals surface area contributed by atoms with Gasteiger partial charge in [-0.25, -0.2) is 0 Å². The largest absolute Gasteiger partial charge is 0.306 e. The van der Waals surface area contributed by atoms with Gasteiger partial charge in [-0.05, 0) is 43.5 Å². The molecule has 0 saturated carbocycles. The van der Waals surface area contributed by atoms with E-state index in [9.17, 15) is 0 Å². The van der Waals surface area contributed by atoms with Gasteiger partial charge >= 0.3 is 0 Å². The maximum Gasteiger partial charge on any atom is 0.0579 e. The summed E-state index contributed by atoms with van der Waals surface area (Å²) >= 11 is 0. The summed E-state index contributed by atoms with van der Waals surface area (Å²) in [6.07, 6.45) is 2.44. The van der Waals surface area contributed by atoms with Gasteiger partial charge in [0.1, 0.15) is 0 Å². The Morgan fingerprint density at radius 1 is 1.00 bits per heavy atom. The van der Waals surface area contributed by atoms with E-state index in [2.05, 4.69) is 74.6 Å². The Kier molecular flexibility index (Phi) is 5.37. The first-order chi connectivity index (χ1) is 9.72. The fraction of sp³-hybridized carbons (Fsp3) is 0.368. The Balaban J connectivity index is 2.33. The second-order valence-corrected chi connectivity index (χ2v) is 5.51. The molecule has 0 bridgehead atoms. The highest BCUT2D eigenvalue weighted by molar-refractivity contribution is 5.39. The van der Waals surface area contributed by atoms with Gasteiger partial charge in [-0.2, -0.15) is 0 Å². The van der Waals surface area contributed by atoms with Crippen molar-refractivity contribution in [1.82, 2.24) is 5.32 Å². The zero-order valence-electron chi connectivity index (χ0n) is 12.8. The number of hydrogen-bond acceptors (Lipinski definition) is 1. The molecule has 0 aliphatic rings. The Bertz CT molecular complexity index is 531. The SMILES string of the molecule is CCCCNC(c1ccccc1)c1cc(C)ccc1C. The lowest BCUT2D eigenvalue weighted by atomic mass is 9.93. The molecule has 2 rings (SSSR count). The third kappa shape index (κ3) is 3.71. The highest BCUT2D eigenvalue weighted by Gasteiger charge is 2.15. The molecule has 1 N–H and O–H groups in total. The summed E-state index contributed by atoms with van der Waals surface area (Å²) in [5.41, 5.74) is 5.42. The monoisotopic (exact) mass is 267 g/mol. The number of unbranched alkanes of at least 4 members (excludes halogenated alkanes) is 1. The summed E-state index contributed by atoms with van der Waals surface area (Å²) in [4.78, 5) is 0. The molecule has 1 heteroatoms. The number of nitrogens with one attached hydrogen (secondary N) is 1. The Hall–Kier alpha value is -1.60. The molecule has 0 radical (unpaired) electrons. The lowest BCUT2D eigenvalue weighted by molar-refractivity contribution is 0.577. The molecule has 20 heavy (non-hydrogen) atoms. The zero-order valence-corrected chi connectivity index (χ0v) is 12.8. The van der Waals surface area contributed by atoms with E-state index in [1.807, 2.05) is 0 Å². The van der Waals surface area contributed by atoms with Crippen LogP contribution >= 0.6 is 0 Å². The third-order valence-corrected chi connectivity index (χ3v) is 3.76. The smallest absolute Gasteiger partial charge is 0.0579 e. The summed E-state index contributed by atoms with van der Waals surface area (Å²) in [5, 5.41) is 3.72. The molecule has 0 saturated heterocycles. The predicted octanol–water partition coefficient (Wildman–Crippen LogP) is 4.78. The van der Waals surface area contributed by atoms with Crippen LogP contribution in [-0.2, 0) is 0 Å². The molecule has 2 aromatic carbocycles. The third-order valence-electron chi connectivity index (χ3n) is 3.76. The van der Waals surface area contributed by atoms with Crippen LogP contribution in [0.5, 0.6) is 0 Å². The average Bonchev–Trinajstić information content (AvgIpc) is 2.48. The van der Waals surface area contributed by atoms with Gasteiger partial charge in [0.15, 0.2) is 0 Å². The highest BCUT2D eigenvalue weighted by Crippen LogP contribution is 2.25.